The first-order chi connectivity index (χ1) is 13.8. The number of carboxylic acids is 1. The van der Waals surface area contributed by atoms with Gasteiger partial charge in [-0.05, 0) is 35.4 Å². The van der Waals surface area contributed by atoms with Crippen molar-refractivity contribution in [1.29, 1.82) is 0 Å². The van der Waals surface area contributed by atoms with Gasteiger partial charge in [0.2, 0.25) is 0 Å². The van der Waals surface area contributed by atoms with E-state index in [1.165, 1.54) is 0 Å². The number of rotatable bonds is 6. The van der Waals surface area contributed by atoms with Crippen molar-refractivity contribution in [1.82, 2.24) is 5.43 Å². The number of thioether (sulfide) groups is 1. The van der Waals surface area contributed by atoms with Crippen LogP contribution in [-0.2, 0) is 4.79 Å². The van der Waals surface area contributed by atoms with E-state index in [1.54, 1.807) is 0 Å². The molecule has 154 valence electrons. The molecule has 6 nitrogen and oxygen atoms in total. The van der Waals surface area contributed by atoms with Crippen LogP contribution in [0.25, 0.3) is 11.1 Å². The van der Waals surface area contributed by atoms with E-state index in [4.69, 9.17) is 16.7 Å². The molecule has 1 aliphatic heterocycles. The Kier molecular flexibility index (Phi) is 6.29. The molecular formula is C20H22F2N4O2S. The molecule has 0 aromatic heterocycles. The molecule has 2 aromatic carbocycles. The fraction of sp³-hybridized carbons (Fsp3) is 0.250. The molecule has 0 aliphatic carbocycles. The van der Waals surface area contributed by atoms with E-state index in [9.17, 15) is 13.6 Å². The topological polar surface area (TPSA) is 105 Å². The normalized spacial score (nSPS) is 16.9. The van der Waals surface area contributed by atoms with Crippen LogP contribution in [0.15, 0.2) is 64.2 Å². The van der Waals surface area contributed by atoms with Gasteiger partial charge < -0.3 is 21.2 Å². The number of benzene rings is 2. The fourth-order valence-electron chi connectivity index (χ4n) is 3.09. The number of hydrogen-bond donors (Lipinski definition) is 4. The minimum atomic E-state index is -2.56. The van der Waals surface area contributed by atoms with Crippen molar-refractivity contribution in [2.75, 3.05) is 18.0 Å². The average Bonchev–Trinajstić information content (AvgIpc) is 2.69. The van der Waals surface area contributed by atoms with Crippen molar-refractivity contribution in [3.63, 3.8) is 0 Å². The monoisotopic (exact) mass is 420 g/mol. The molecule has 1 heterocycles. The van der Waals surface area contributed by atoms with Crippen LogP contribution in [0, 0.1) is 0 Å². The molecule has 0 spiro atoms. The van der Waals surface area contributed by atoms with Crippen LogP contribution in [0.5, 0.6) is 0 Å². The molecule has 0 unspecified atom stereocenters. The van der Waals surface area contributed by atoms with Gasteiger partial charge in [-0.1, -0.05) is 36.0 Å². The number of halogens is 2. The van der Waals surface area contributed by atoms with Crippen LogP contribution >= 0.6 is 11.8 Å². The van der Waals surface area contributed by atoms with Gasteiger partial charge >= 0.3 is 5.97 Å². The molecule has 9 heteroatoms. The maximum absolute atomic E-state index is 13.3. The summed E-state index contributed by atoms with van der Waals surface area (Å²) in [6.45, 7) is 0.701. The van der Waals surface area contributed by atoms with Gasteiger partial charge in [0.05, 0.1) is 0 Å². The van der Waals surface area contributed by atoms with Gasteiger partial charge in [-0.25, -0.2) is 13.6 Å². The summed E-state index contributed by atoms with van der Waals surface area (Å²) in [5.41, 5.74) is 10.5. The Morgan fingerprint density at radius 1 is 1.03 bits per heavy atom. The standard InChI is InChI=1S/C20H22F2N4O2S/c21-20(22)9-11-26(12-10-20)15-5-1-13(2-6-15)14-3-7-16(8-4-14)29-18(23)17(25-24)19(27)28/h1-8,25H,9-12,23-24H2,(H,27,28)/b18-17+. The maximum atomic E-state index is 13.3. The number of nitrogens with one attached hydrogen (secondary N) is 1. The van der Waals surface area contributed by atoms with Crippen molar-refractivity contribution < 1.29 is 18.7 Å². The number of carbonyl (C=O) groups is 1. The largest absolute Gasteiger partial charge is 0.476 e. The number of piperidine rings is 1. The third-order valence-corrected chi connectivity index (χ3v) is 5.68. The van der Waals surface area contributed by atoms with Crippen LogP contribution in [0.3, 0.4) is 0 Å². The molecule has 0 atom stereocenters. The molecule has 0 radical (unpaired) electrons. The fourth-order valence-corrected chi connectivity index (χ4v) is 3.86. The molecule has 2 aromatic rings. The quantitative estimate of drug-likeness (QED) is 0.246. The van der Waals surface area contributed by atoms with Crippen molar-refractivity contribution in [3.8, 4) is 11.1 Å². The van der Waals surface area contributed by atoms with Gasteiger partial charge in [-0.15, -0.1) is 0 Å². The summed E-state index contributed by atoms with van der Waals surface area (Å²) in [5.74, 6) is 1.40. The Morgan fingerprint density at radius 3 is 2.03 bits per heavy atom. The molecule has 0 amide bonds. The van der Waals surface area contributed by atoms with Gasteiger partial charge in [0, 0.05) is 36.5 Å². The first-order valence-electron chi connectivity index (χ1n) is 9.00. The maximum Gasteiger partial charge on any atom is 0.356 e. The highest BCUT2D eigenvalue weighted by atomic mass is 32.2. The molecule has 3 rings (SSSR count). The lowest BCUT2D eigenvalue weighted by atomic mass is 10.0. The second-order valence-corrected chi connectivity index (χ2v) is 7.82. The lowest BCUT2D eigenvalue weighted by Gasteiger charge is -2.33. The van der Waals surface area contributed by atoms with E-state index in [0.29, 0.717) is 13.1 Å². The smallest absolute Gasteiger partial charge is 0.356 e. The summed E-state index contributed by atoms with van der Waals surface area (Å²) in [7, 11) is 0. The molecule has 1 aliphatic rings. The number of hydrogen-bond acceptors (Lipinski definition) is 6. The number of aliphatic carboxylic acids is 1. The number of hydrazine groups is 1. The van der Waals surface area contributed by atoms with Crippen molar-refractivity contribution >= 4 is 23.4 Å². The summed E-state index contributed by atoms with van der Waals surface area (Å²) < 4.78 is 26.6. The summed E-state index contributed by atoms with van der Waals surface area (Å²) in [6, 6.07) is 15.3. The van der Waals surface area contributed by atoms with E-state index in [2.05, 4.69) is 5.43 Å². The number of anilines is 1. The van der Waals surface area contributed by atoms with Gasteiger partial charge in [-0.3, -0.25) is 5.84 Å². The molecule has 1 fully saturated rings. The van der Waals surface area contributed by atoms with Gasteiger partial charge in [0.15, 0.2) is 5.70 Å². The van der Waals surface area contributed by atoms with Crippen LogP contribution in [0.2, 0.25) is 0 Å². The third-order valence-electron chi connectivity index (χ3n) is 4.75. The third kappa shape index (κ3) is 5.18. The second kappa shape index (κ2) is 8.71. The second-order valence-electron chi connectivity index (χ2n) is 6.71. The van der Waals surface area contributed by atoms with Crippen LogP contribution in [0.1, 0.15) is 12.8 Å². The Labute approximate surface area is 171 Å². The zero-order chi connectivity index (χ0) is 21.0. The summed E-state index contributed by atoms with van der Waals surface area (Å²) >= 11 is 1.10. The number of carboxylic acid groups (broad SMARTS) is 1. The van der Waals surface area contributed by atoms with Crippen LogP contribution in [0.4, 0.5) is 14.5 Å². The van der Waals surface area contributed by atoms with E-state index in [0.717, 1.165) is 33.5 Å². The van der Waals surface area contributed by atoms with Gasteiger partial charge in [0.25, 0.3) is 5.92 Å². The Morgan fingerprint density at radius 2 is 1.55 bits per heavy atom. The highest BCUT2D eigenvalue weighted by molar-refractivity contribution is 8.03. The van der Waals surface area contributed by atoms with Crippen molar-refractivity contribution in [3.05, 3.63) is 59.3 Å². The van der Waals surface area contributed by atoms with Crippen molar-refractivity contribution in [2.45, 2.75) is 23.7 Å². The van der Waals surface area contributed by atoms with Crippen LogP contribution < -0.4 is 21.9 Å². The first kappa shape index (κ1) is 20.9. The predicted molar refractivity (Wildman–Crippen MR) is 110 cm³/mol. The van der Waals surface area contributed by atoms with E-state index in [-0.39, 0.29) is 23.6 Å². The van der Waals surface area contributed by atoms with E-state index >= 15 is 0 Å². The first-order valence-corrected chi connectivity index (χ1v) is 9.81. The highest BCUT2D eigenvalue weighted by Crippen LogP contribution is 2.32. The minimum absolute atomic E-state index is 0.0595. The molecule has 29 heavy (non-hydrogen) atoms. The highest BCUT2D eigenvalue weighted by Gasteiger charge is 2.33. The summed E-state index contributed by atoms with van der Waals surface area (Å²) in [5, 5.41) is 9.08. The summed E-state index contributed by atoms with van der Waals surface area (Å²) in [4.78, 5) is 13.8. The zero-order valence-electron chi connectivity index (χ0n) is 15.6. The van der Waals surface area contributed by atoms with Crippen molar-refractivity contribution in [2.24, 2.45) is 11.6 Å². The zero-order valence-corrected chi connectivity index (χ0v) is 16.4. The Bertz CT molecular complexity index is 892. The SMILES string of the molecule is NN/C(C(=O)O)=C(\N)Sc1ccc(-c2ccc(N3CCC(F)(F)CC3)cc2)cc1. The molecule has 0 bridgehead atoms. The molecule has 1 saturated heterocycles. The number of alkyl halides is 2. The number of nitrogens with zero attached hydrogens (tertiary/aromatic N) is 1. The molecule has 6 N–H and O–H groups in total. The molecule has 0 saturated carbocycles. The number of nitrogens with two attached hydrogens (primary N) is 2. The Balaban J connectivity index is 1.68. The van der Waals surface area contributed by atoms with Crippen LogP contribution in [-0.4, -0.2) is 30.1 Å². The average molecular weight is 420 g/mol. The lowest BCUT2D eigenvalue weighted by molar-refractivity contribution is -0.133. The van der Waals surface area contributed by atoms with E-state index in [1.807, 2.05) is 53.4 Å². The van der Waals surface area contributed by atoms with E-state index < -0.39 is 11.9 Å². The predicted octanol–water partition coefficient (Wildman–Crippen LogP) is 3.36. The molecular weight excluding hydrogens is 398 g/mol. The lowest BCUT2D eigenvalue weighted by Crippen LogP contribution is -2.39. The van der Waals surface area contributed by atoms with Gasteiger partial charge in [-0.2, -0.15) is 0 Å². The Hall–Kier alpha value is -2.78. The van der Waals surface area contributed by atoms with Gasteiger partial charge in [0.1, 0.15) is 5.03 Å². The summed E-state index contributed by atoms with van der Waals surface area (Å²) in [6.07, 6.45) is -0.233. The minimum Gasteiger partial charge on any atom is -0.476 e.